The zero-order valence-corrected chi connectivity index (χ0v) is 14.4. The van der Waals surface area contributed by atoms with Crippen LogP contribution >= 0.6 is 22.9 Å². The molecule has 0 saturated heterocycles. The Morgan fingerprint density at radius 2 is 2.00 bits per heavy atom. The van der Waals surface area contributed by atoms with Gasteiger partial charge in [0, 0.05) is 17.7 Å². The Labute approximate surface area is 150 Å². The van der Waals surface area contributed by atoms with E-state index in [1.54, 1.807) is 12.1 Å². The number of thiazole rings is 1. The Balaban J connectivity index is 1.75. The van der Waals surface area contributed by atoms with E-state index < -0.39 is 10.8 Å². The van der Waals surface area contributed by atoms with E-state index >= 15 is 0 Å². The third-order valence-electron chi connectivity index (χ3n) is 3.30. The summed E-state index contributed by atoms with van der Waals surface area (Å²) in [5.74, 6) is 0.123. The van der Waals surface area contributed by atoms with Crippen molar-refractivity contribution in [2.75, 3.05) is 12.5 Å². The van der Waals surface area contributed by atoms with Crippen molar-refractivity contribution >= 4 is 49.9 Å². The summed E-state index contributed by atoms with van der Waals surface area (Å²) in [6, 6.07) is 8.68. The number of non-ortho nitro benzene ring substituents is 1. The van der Waals surface area contributed by atoms with Crippen molar-refractivity contribution in [2.24, 2.45) is 0 Å². The number of anilines is 1. The smallest absolute Gasteiger partial charge is 0.269 e. The molecule has 0 aliphatic heterocycles. The van der Waals surface area contributed by atoms with Gasteiger partial charge in [-0.3, -0.25) is 25.8 Å². The van der Waals surface area contributed by atoms with Crippen molar-refractivity contribution in [3.05, 3.63) is 57.1 Å². The molecule has 0 bridgehead atoms. The summed E-state index contributed by atoms with van der Waals surface area (Å²) in [5, 5.41) is 11.6. The number of benzene rings is 2. The Bertz CT molecular complexity index is 958. The number of ether oxygens (including phenoxy) is 1. The molecule has 0 saturated carbocycles. The maximum Gasteiger partial charge on any atom is 0.269 e. The fourth-order valence-electron chi connectivity index (χ4n) is 2.09. The van der Waals surface area contributed by atoms with Crippen molar-refractivity contribution in [1.29, 1.82) is 0 Å². The zero-order valence-electron chi connectivity index (χ0n) is 12.8. The second kappa shape index (κ2) is 6.91. The molecule has 10 heteroatoms. The summed E-state index contributed by atoms with van der Waals surface area (Å²) < 4.78 is 5.97. The number of nitro benzene ring substituents is 1. The molecule has 128 valence electrons. The van der Waals surface area contributed by atoms with E-state index in [2.05, 4.69) is 15.8 Å². The van der Waals surface area contributed by atoms with E-state index in [9.17, 15) is 14.9 Å². The van der Waals surface area contributed by atoms with Gasteiger partial charge in [-0.2, -0.15) is 0 Å². The summed E-state index contributed by atoms with van der Waals surface area (Å²) in [4.78, 5) is 26.5. The van der Waals surface area contributed by atoms with Crippen molar-refractivity contribution in [2.45, 2.75) is 0 Å². The molecule has 0 unspecified atom stereocenters. The van der Waals surface area contributed by atoms with Gasteiger partial charge < -0.3 is 4.74 Å². The van der Waals surface area contributed by atoms with Crippen LogP contribution in [0.15, 0.2) is 36.4 Å². The summed E-state index contributed by atoms with van der Waals surface area (Å²) >= 11 is 7.40. The lowest BCUT2D eigenvalue weighted by Gasteiger charge is -2.05. The Morgan fingerprint density at radius 3 is 2.64 bits per heavy atom. The van der Waals surface area contributed by atoms with Crippen molar-refractivity contribution in [3.8, 4) is 5.75 Å². The second-order valence-corrected chi connectivity index (χ2v) is 6.24. The van der Waals surface area contributed by atoms with Crippen molar-refractivity contribution < 1.29 is 14.5 Å². The standard InChI is InChI=1S/C15H11ClN4O4S/c1-24-11-7-6-10(16)13-12(11)17-15(25-13)19-18-14(21)8-2-4-9(5-3-8)20(22)23/h2-7H,1H3,(H,17,19)(H,18,21). The normalized spacial score (nSPS) is 10.5. The highest BCUT2D eigenvalue weighted by Gasteiger charge is 2.13. The molecule has 0 aliphatic rings. The summed E-state index contributed by atoms with van der Waals surface area (Å²) in [7, 11) is 1.53. The largest absolute Gasteiger partial charge is 0.494 e. The highest BCUT2D eigenvalue weighted by molar-refractivity contribution is 7.22. The molecule has 0 fully saturated rings. The van der Waals surface area contributed by atoms with Gasteiger partial charge >= 0.3 is 0 Å². The number of amides is 1. The molecule has 2 N–H and O–H groups in total. The van der Waals surface area contributed by atoms with E-state index in [4.69, 9.17) is 16.3 Å². The number of hydrazine groups is 1. The number of carbonyl (C=O) groups is 1. The molecule has 8 nitrogen and oxygen atoms in total. The molecule has 0 spiro atoms. The first kappa shape index (κ1) is 16.9. The maximum atomic E-state index is 12.1. The minimum Gasteiger partial charge on any atom is -0.494 e. The number of rotatable bonds is 5. The van der Waals surface area contributed by atoms with Gasteiger partial charge in [0.15, 0.2) is 0 Å². The van der Waals surface area contributed by atoms with Gasteiger partial charge in [-0.25, -0.2) is 4.98 Å². The molecule has 25 heavy (non-hydrogen) atoms. The zero-order chi connectivity index (χ0) is 18.0. The van der Waals surface area contributed by atoms with Crippen molar-refractivity contribution in [1.82, 2.24) is 10.4 Å². The first-order valence-electron chi connectivity index (χ1n) is 6.93. The summed E-state index contributed by atoms with van der Waals surface area (Å²) in [6.45, 7) is 0. The third-order valence-corrected chi connectivity index (χ3v) is 4.73. The number of halogens is 1. The van der Waals surface area contributed by atoms with Crippen LogP contribution in [0.2, 0.25) is 5.02 Å². The number of nitrogens with zero attached hydrogens (tertiary/aromatic N) is 2. The fourth-order valence-corrected chi connectivity index (χ4v) is 3.20. The number of carbonyl (C=O) groups excluding carboxylic acids is 1. The van der Waals surface area contributed by atoms with E-state index in [0.717, 1.165) is 4.70 Å². The average molecular weight is 379 g/mol. The van der Waals surface area contributed by atoms with Crippen LogP contribution in [-0.4, -0.2) is 22.9 Å². The van der Waals surface area contributed by atoms with Gasteiger partial charge in [0.1, 0.15) is 11.3 Å². The van der Waals surface area contributed by atoms with Crippen LogP contribution in [0, 0.1) is 10.1 Å². The van der Waals surface area contributed by atoms with E-state index in [1.165, 1.54) is 42.7 Å². The number of hydrogen-bond donors (Lipinski definition) is 2. The predicted octanol–water partition coefficient (Wildman–Crippen LogP) is 3.62. The van der Waals surface area contributed by atoms with Gasteiger partial charge in [0.2, 0.25) is 5.13 Å². The molecule has 2 aromatic carbocycles. The minimum absolute atomic E-state index is 0.0857. The Kier molecular flexibility index (Phi) is 4.68. The van der Waals surface area contributed by atoms with Crippen LogP contribution in [0.1, 0.15) is 10.4 Å². The quantitative estimate of drug-likeness (QED) is 0.518. The molecule has 1 aromatic heterocycles. The third kappa shape index (κ3) is 3.47. The van der Waals surface area contributed by atoms with Crippen LogP contribution in [0.5, 0.6) is 5.75 Å². The predicted molar refractivity (Wildman–Crippen MR) is 95.4 cm³/mol. The summed E-state index contributed by atoms with van der Waals surface area (Å²) in [5.41, 5.74) is 5.97. The van der Waals surface area contributed by atoms with E-state index in [-0.39, 0.29) is 11.3 Å². The Hall–Kier alpha value is -2.91. The maximum absolute atomic E-state index is 12.1. The number of hydrogen-bond acceptors (Lipinski definition) is 7. The van der Waals surface area contributed by atoms with Gasteiger partial charge in [-0.15, -0.1) is 0 Å². The lowest BCUT2D eigenvalue weighted by molar-refractivity contribution is -0.384. The first-order chi connectivity index (χ1) is 12.0. The van der Waals surface area contributed by atoms with Crippen molar-refractivity contribution in [3.63, 3.8) is 0 Å². The molecule has 1 amide bonds. The molecule has 3 aromatic rings. The number of aromatic nitrogens is 1. The van der Waals surface area contributed by atoms with Crippen LogP contribution in [0.3, 0.4) is 0 Å². The summed E-state index contributed by atoms with van der Waals surface area (Å²) in [6.07, 6.45) is 0. The molecule has 0 aliphatic carbocycles. The molecular weight excluding hydrogens is 368 g/mol. The van der Waals surface area contributed by atoms with Gasteiger partial charge in [-0.05, 0) is 24.3 Å². The number of methoxy groups -OCH3 is 1. The lowest BCUT2D eigenvalue weighted by Crippen LogP contribution is -2.29. The molecule has 0 radical (unpaired) electrons. The first-order valence-corrected chi connectivity index (χ1v) is 8.13. The fraction of sp³-hybridized carbons (Fsp3) is 0.0667. The topological polar surface area (TPSA) is 106 Å². The SMILES string of the molecule is COc1ccc(Cl)c2sc(NNC(=O)c3ccc([N+](=O)[O-])cc3)nc12. The highest BCUT2D eigenvalue weighted by atomic mass is 35.5. The second-order valence-electron chi connectivity index (χ2n) is 4.83. The number of nitrogens with one attached hydrogen (secondary N) is 2. The lowest BCUT2D eigenvalue weighted by atomic mass is 10.2. The minimum atomic E-state index is -0.530. The molecular formula is C15H11ClN4O4S. The van der Waals surface area contributed by atoms with Crippen LogP contribution in [0.4, 0.5) is 10.8 Å². The molecule has 3 rings (SSSR count). The molecule has 1 heterocycles. The van der Waals surface area contributed by atoms with Crippen LogP contribution in [0.25, 0.3) is 10.2 Å². The number of nitro groups is 1. The van der Waals surface area contributed by atoms with Gasteiger partial charge in [0.05, 0.1) is 21.8 Å². The van der Waals surface area contributed by atoms with E-state index in [1.807, 2.05) is 0 Å². The van der Waals surface area contributed by atoms with E-state index in [0.29, 0.717) is 21.4 Å². The van der Waals surface area contributed by atoms with Gasteiger partial charge in [0.25, 0.3) is 11.6 Å². The molecule has 0 atom stereocenters. The Morgan fingerprint density at radius 1 is 1.28 bits per heavy atom. The monoisotopic (exact) mass is 378 g/mol. The highest BCUT2D eigenvalue weighted by Crippen LogP contribution is 2.37. The van der Waals surface area contributed by atoms with Crippen LogP contribution in [-0.2, 0) is 0 Å². The number of fused-ring (bicyclic) bond motifs is 1. The van der Waals surface area contributed by atoms with Gasteiger partial charge in [-0.1, -0.05) is 22.9 Å². The average Bonchev–Trinajstić information content (AvgIpc) is 3.05. The van der Waals surface area contributed by atoms with Crippen LogP contribution < -0.4 is 15.6 Å².